The second-order valence-corrected chi connectivity index (χ2v) is 7.47. The van der Waals surface area contributed by atoms with Gasteiger partial charge in [-0.3, -0.25) is 0 Å². The van der Waals surface area contributed by atoms with Gasteiger partial charge in [0, 0.05) is 45.5 Å². The number of aliphatic hydroxyl groups excluding tert-OH is 1. The summed E-state index contributed by atoms with van der Waals surface area (Å²) in [6, 6.07) is 10.4. The van der Waals surface area contributed by atoms with Crippen LogP contribution in [-0.2, 0) is 12.8 Å². The zero-order valence-electron chi connectivity index (χ0n) is 15.7. The van der Waals surface area contributed by atoms with E-state index in [0.717, 1.165) is 22.6 Å². The van der Waals surface area contributed by atoms with Gasteiger partial charge in [-0.1, -0.05) is 6.07 Å². The standard InChI is InChI=1S/C21H16F3N3O2S/c1-29-18-6-5-12(9-25-18)17-8-16-19(13(11-28)10-26-20(16)30-17)27-15-4-2-3-14(7-15)21(22,23)24/h2-10,28H,11H2,1H3,(H,26,27). The molecule has 0 bridgehead atoms. The highest BCUT2D eigenvalue weighted by Gasteiger charge is 2.30. The zero-order chi connectivity index (χ0) is 21.3. The Balaban J connectivity index is 1.77. The number of aromatic nitrogens is 2. The normalized spacial score (nSPS) is 11.6. The van der Waals surface area contributed by atoms with Gasteiger partial charge in [0.15, 0.2) is 0 Å². The topological polar surface area (TPSA) is 67.3 Å². The summed E-state index contributed by atoms with van der Waals surface area (Å²) in [7, 11) is 1.54. The summed E-state index contributed by atoms with van der Waals surface area (Å²) in [5, 5.41) is 13.5. The van der Waals surface area contributed by atoms with E-state index in [1.54, 1.807) is 18.3 Å². The van der Waals surface area contributed by atoms with Crippen LogP contribution in [0.5, 0.6) is 5.88 Å². The lowest BCUT2D eigenvalue weighted by Gasteiger charge is -2.14. The van der Waals surface area contributed by atoms with Gasteiger partial charge >= 0.3 is 6.18 Å². The van der Waals surface area contributed by atoms with Crippen molar-refractivity contribution in [3.8, 4) is 16.3 Å². The van der Waals surface area contributed by atoms with Crippen LogP contribution in [0.25, 0.3) is 20.7 Å². The Morgan fingerprint density at radius 1 is 1.10 bits per heavy atom. The SMILES string of the molecule is COc1ccc(-c2cc3c(Nc4cccc(C(F)(F)F)c4)c(CO)cnc3s2)cn1. The highest BCUT2D eigenvalue weighted by Crippen LogP contribution is 2.39. The fourth-order valence-electron chi connectivity index (χ4n) is 3.00. The first-order valence-corrected chi connectivity index (χ1v) is 9.67. The Labute approximate surface area is 173 Å². The van der Waals surface area contributed by atoms with Gasteiger partial charge in [-0.2, -0.15) is 13.2 Å². The number of anilines is 2. The second kappa shape index (κ2) is 7.92. The Bertz CT molecular complexity index is 1190. The number of nitrogens with zero attached hydrogens (tertiary/aromatic N) is 2. The van der Waals surface area contributed by atoms with Crippen molar-refractivity contribution >= 4 is 32.9 Å². The molecule has 0 spiro atoms. The first-order valence-electron chi connectivity index (χ1n) is 8.86. The number of hydrogen-bond donors (Lipinski definition) is 2. The molecule has 0 radical (unpaired) electrons. The number of nitrogens with one attached hydrogen (secondary N) is 1. The van der Waals surface area contributed by atoms with Gasteiger partial charge < -0.3 is 15.2 Å². The lowest BCUT2D eigenvalue weighted by atomic mass is 10.1. The van der Waals surface area contributed by atoms with Gasteiger partial charge in [-0.25, -0.2) is 9.97 Å². The summed E-state index contributed by atoms with van der Waals surface area (Å²) >= 11 is 1.42. The average Bonchev–Trinajstić information content (AvgIpc) is 3.18. The molecule has 0 saturated heterocycles. The molecule has 0 fully saturated rings. The van der Waals surface area contributed by atoms with Crippen LogP contribution in [0.3, 0.4) is 0 Å². The maximum atomic E-state index is 13.1. The van der Waals surface area contributed by atoms with Crippen molar-refractivity contribution in [2.24, 2.45) is 0 Å². The minimum atomic E-state index is -4.44. The first-order chi connectivity index (χ1) is 14.4. The third kappa shape index (κ3) is 3.94. The highest BCUT2D eigenvalue weighted by atomic mass is 32.1. The number of ether oxygens (including phenoxy) is 1. The summed E-state index contributed by atoms with van der Waals surface area (Å²) < 4.78 is 44.3. The van der Waals surface area contributed by atoms with E-state index in [1.165, 1.54) is 30.7 Å². The van der Waals surface area contributed by atoms with Gasteiger partial charge in [0.25, 0.3) is 0 Å². The molecule has 30 heavy (non-hydrogen) atoms. The molecule has 154 valence electrons. The van der Waals surface area contributed by atoms with Crippen molar-refractivity contribution < 1.29 is 23.0 Å². The third-order valence-corrected chi connectivity index (χ3v) is 5.59. The number of benzene rings is 1. The van der Waals surface area contributed by atoms with Gasteiger partial charge in [-0.05, 0) is 30.3 Å². The quantitative estimate of drug-likeness (QED) is 0.429. The van der Waals surface area contributed by atoms with Crippen molar-refractivity contribution in [1.29, 1.82) is 0 Å². The fraction of sp³-hybridized carbons (Fsp3) is 0.143. The maximum Gasteiger partial charge on any atom is 0.416 e. The van der Waals surface area contributed by atoms with Crippen molar-refractivity contribution in [3.05, 3.63) is 66.0 Å². The number of pyridine rings is 2. The molecule has 4 rings (SSSR count). The predicted octanol–water partition coefficient (Wildman–Crippen LogP) is 5.62. The van der Waals surface area contributed by atoms with Gasteiger partial charge in [0.05, 0.1) is 25.0 Å². The lowest BCUT2D eigenvalue weighted by Crippen LogP contribution is -2.05. The molecule has 4 aromatic rings. The molecule has 1 aromatic carbocycles. The van der Waals surface area contributed by atoms with Crippen LogP contribution in [0.2, 0.25) is 0 Å². The predicted molar refractivity (Wildman–Crippen MR) is 110 cm³/mol. The Kier molecular flexibility index (Phi) is 5.31. The molecule has 2 N–H and O–H groups in total. The van der Waals surface area contributed by atoms with E-state index in [2.05, 4.69) is 15.3 Å². The first kappa shape index (κ1) is 20.1. The molecule has 0 saturated carbocycles. The van der Waals surface area contributed by atoms with E-state index in [1.807, 2.05) is 12.1 Å². The highest BCUT2D eigenvalue weighted by molar-refractivity contribution is 7.21. The maximum absolute atomic E-state index is 13.1. The number of fused-ring (bicyclic) bond motifs is 1. The van der Waals surface area contributed by atoms with Crippen molar-refractivity contribution in [1.82, 2.24) is 9.97 Å². The molecule has 0 aliphatic heterocycles. The molecular weight excluding hydrogens is 415 g/mol. The van der Waals surface area contributed by atoms with Crippen LogP contribution in [0.4, 0.5) is 24.5 Å². The third-order valence-electron chi connectivity index (χ3n) is 4.50. The molecule has 3 aromatic heterocycles. The minimum absolute atomic E-state index is 0.269. The minimum Gasteiger partial charge on any atom is -0.481 e. The Morgan fingerprint density at radius 2 is 1.93 bits per heavy atom. The monoisotopic (exact) mass is 431 g/mol. The lowest BCUT2D eigenvalue weighted by molar-refractivity contribution is -0.137. The van der Waals surface area contributed by atoms with Gasteiger partial charge in [0.1, 0.15) is 4.83 Å². The van der Waals surface area contributed by atoms with Crippen LogP contribution in [0.15, 0.2) is 54.9 Å². The largest absolute Gasteiger partial charge is 0.481 e. The summed E-state index contributed by atoms with van der Waals surface area (Å²) in [5.41, 5.74) is 1.38. The van der Waals surface area contributed by atoms with Gasteiger partial charge in [0.2, 0.25) is 5.88 Å². The number of rotatable bonds is 5. The van der Waals surface area contributed by atoms with Crippen molar-refractivity contribution in [2.45, 2.75) is 12.8 Å². The fourth-order valence-corrected chi connectivity index (χ4v) is 4.00. The van der Waals surface area contributed by atoms with E-state index in [-0.39, 0.29) is 12.3 Å². The number of alkyl halides is 3. The second-order valence-electron chi connectivity index (χ2n) is 6.44. The Morgan fingerprint density at radius 3 is 2.60 bits per heavy atom. The number of thiophene rings is 1. The Hall–Kier alpha value is -3.17. The van der Waals surface area contributed by atoms with Crippen LogP contribution in [0, 0.1) is 0 Å². The number of methoxy groups -OCH3 is 1. The number of halogens is 3. The number of hydrogen-bond acceptors (Lipinski definition) is 6. The molecule has 5 nitrogen and oxygen atoms in total. The molecular formula is C21H16F3N3O2S. The van der Waals surface area contributed by atoms with E-state index in [9.17, 15) is 18.3 Å². The van der Waals surface area contributed by atoms with E-state index < -0.39 is 11.7 Å². The average molecular weight is 431 g/mol. The summed E-state index contributed by atoms with van der Waals surface area (Å²) in [4.78, 5) is 10.2. The van der Waals surface area contributed by atoms with Crippen LogP contribution in [-0.4, -0.2) is 22.2 Å². The van der Waals surface area contributed by atoms with Crippen molar-refractivity contribution in [2.75, 3.05) is 12.4 Å². The van der Waals surface area contributed by atoms with E-state index in [0.29, 0.717) is 27.3 Å². The molecule has 3 heterocycles. The van der Waals surface area contributed by atoms with E-state index in [4.69, 9.17) is 4.74 Å². The van der Waals surface area contributed by atoms with Crippen LogP contribution >= 0.6 is 11.3 Å². The summed E-state index contributed by atoms with van der Waals surface area (Å²) in [5.74, 6) is 0.493. The summed E-state index contributed by atoms with van der Waals surface area (Å²) in [6.45, 7) is -0.306. The number of aliphatic hydroxyl groups is 1. The molecule has 9 heteroatoms. The van der Waals surface area contributed by atoms with Crippen LogP contribution < -0.4 is 10.1 Å². The molecule has 0 aliphatic carbocycles. The van der Waals surface area contributed by atoms with Crippen molar-refractivity contribution in [3.63, 3.8) is 0 Å². The van der Waals surface area contributed by atoms with Gasteiger partial charge in [-0.15, -0.1) is 11.3 Å². The van der Waals surface area contributed by atoms with Crippen LogP contribution in [0.1, 0.15) is 11.1 Å². The molecule has 0 aliphatic rings. The molecule has 0 atom stereocenters. The molecule has 0 unspecified atom stereocenters. The zero-order valence-corrected chi connectivity index (χ0v) is 16.5. The smallest absolute Gasteiger partial charge is 0.416 e. The molecule has 0 amide bonds. The summed E-state index contributed by atoms with van der Waals surface area (Å²) in [6.07, 6.45) is -1.25. The van der Waals surface area contributed by atoms with E-state index >= 15 is 0 Å².